The summed E-state index contributed by atoms with van der Waals surface area (Å²) in [4.78, 5) is 0. The number of hydrogen-bond donors (Lipinski definition) is 0. The summed E-state index contributed by atoms with van der Waals surface area (Å²) in [7, 11) is 0. The van der Waals surface area contributed by atoms with Gasteiger partial charge in [-0.25, -0.2) is 4.39 Å². The molecular formula is C16H15Br2F. The van der Waals surface area contributed by atoms with E-state index in [2.05, 4.69) is 56.1 Å². The normalized spacial score (nSPS) is 11.5. The fraction of sp³-hybridized carbons (Fsp3) is 0.250. The van der Waals surface area contributed by atoms with E-state index in [1.54, 1.807) is 0 Å². The van der Waals surface area contributed by atoms with Crippen LogP contribution in [-0.2, 0) is 11.8 Å². The zero-order chi connectivity index (χ0) is 13.7. The lowest BCUT2D eigenvalue weighted by atomic mass is 9.79. The molecule has 0 nitrogen and oxygen atoms in total. The molecule has 0 N–H and O–H groups in total. The molecule has 0 radical (unpaired) electrons. The van der Waals surface area contributed by atoms with Gasteiger partial charge in [-0.05, 0) is 29.7 Å². The van der Waals surface area contributed by atoms with E-state index in [0.717, 1.165) is 22.6 Å². The quantitative estimate of drug-likeness (QED) is 0.628. The summed E-state index contributed by atoms with van der Waals surface area (Å²) in [5, 5.41) is 1.71. The van der Waals surface area contributed by atoms with Crippen molar-refractivity contribution in [2.24, 2.45) is 0 Å². The summed E-state index contributed by atoms with van der Waals surface area (Å²) >= 11 is 7.28. The number of rotatable bonds is 5. The maximum atomic E-state index is 13.0. The molecule has 0 heterocycles. The second kappa shape index (κ2) is 6.67. The Morgan fingerprint density at radius 3 is 1.95 bits per heavy atom. The van der Waals surface area contributed by atoms with Crippen molar-refractivity contribution in [3.8, 4) is 0 Å². The maximum Gasteiger partial charge on any atom is 0.123 e. The third-order valence-corrected chi connectivity index (χ3v) is 5.50. The highest BCUT2D eigenvalue weighted by atomic mass is 79.9. The van der Waals surface area contributed by atoms with Crippen LogP contribution in [0.3, 0.4) is 0 Å². The van der Waals surface area contributed by atoms with Gasteiger partial charge >= 0.3 is 0 Å². The van der Waals surface area contributed by atoms with Gasteiger partial charge in [-0.1, -0.05) is 74.3 Å². The molecule has 0 spiro atoms. The highest BCUT2D eigenvalue weighted by molar-refractivity contribution is 9.09. The third kappa shape index (κ3) is 3.46. The van der Waals surface area contributed by atoms with Crippen molar-refractivity contribution in [3.05, 3.63) is 71.5 Å². The molecule has 3 heteroatoms. The molecule has 0 aliphatic carbocycles. The average molecular weight is 386 g/mol. The van der Waals surface area contributed by atoms with Crippen molar-refractivity contribution < 1.29 is 4.39 Å². The molecule has 0 bridgehead atoms. The van der Waals surface area contributed by atoms with Crippen LogP contribution >= 0.6 is 31.9 Å². The van der Waals surface area contributed by atoms with Crippen LogP contribution in [0.4, 0.5) is 4.39 Å². The van der Waals surface area contributed by atoms with Gasteiger partial charge in [-0.2, -0.15) is 0 Å². The molecule has 0 aliphatic heterocycles. The summed E-state index contributed by atoms with van der Waals surface area (Å²) < 4.78 is 13.0. The summed E-state index contributed by atoms with van der Waals surface area (Å²) in [6, 6.07) is 17.2. The van der Waals surface area contributed by atoms with Crippen LogP contribution in [0.25, 0.3) is 0 Å². The van der Waals surface area contributed by atoms with Crippen molar-refractivity contribution in [2.45, 2.75) is 11.8 Å². The SMILES string of the molecule is Fc1ccc(CC(CBr)(CBr)c2ccccc2)cc1. The van der Waals surface area contributed by atoms with Crippen molar-refractivity contribution in [1.29, 1.82) is 0 Å². The minimum absolute atomic E-state index is 0.0148. The van der Waals surface area contributed by atoms with E-state index in [4.69, 9.17) is 0 Å². The van der Waals surface area contributed by atoms with Crippen molar-refractivity contribution in [2.75, 3.05) is 10.7 Å². The smallest absolute Gasteiger partial charge is 0.123 e. The van der Waals surface area contributed by atoms with E-state index in [9.17, 15) is 4.39 Å². The Labute approximate surface area is 130 Å². The van der Waals surface area contributed by atoms with Crippen molar-refractivity contribution in [1.82, 2.24) is 0 Å². The zero-order valence-electron chi connectivity index (χ0n) is 10.5. The van der Waals surface area contributed by atoms with Gasteiger partial charge in [0.15, 0.2) is 0 Å². The Kier molecular flexibility index (Phi) is 5.17. The summed E-state index contributed by atoms with van der Waals surface area (Å²) in [6.45, 7) is 0. The van der Waals surface area contributed by atoms with Crippen LogP contribution in [0.1, 0.15) is 11.1 Å². The number of halogens is 3. The van der Waals surface area contributed by atoms with E-state index in [1.807, 2.05) is 18.2 Å². The largest absolute Gasteiger partial charge is 0.207 e. The Morgan fingerprint density at radius 2 is 1.42 bits per heavy atom. The van der Waals surface area contributed by atoms with Gasteiger partial charge < -0.3 is 0 Å². The fourth-order valence-electron chi connectivity index (χ4n) is 2.17. The van der Waals surface area contributed by atoms with Gasteiger partial charge in [0.25, 0.3) is 0 Å². The first-order chi connectivity index (χ1) is 9.20. The molecule has 0 saturated carbocycles. The lowest BCUT2D eigenvalue weighted by Crippen LogP contribution is -2.32. The number of benzene rings is 2. The van der Waals surface area contributed by atoms with E-state index in [-0.39, 0.29) is 11.2 Å². The van der Waals surface area contributed by atoms with E-state index < -0.39 is 0 Å². The fourth-order valence-corrected chi connectivity index (χ4v) is 4.14. The minimum atomic E-state index is -0.188. The topological polar surface area (TPSA) is 0 Å². The Bertz CT molecular complexity index is 504. The number of alkyl halides is 2. The lowest BCUT2D eigenvalue weighted by Gasteiger charge is -2.31. The molecule has 2 aromatic rings. The molecule has 0 aliphatic rings. The van der Waals surface area contributed by atoms with Gasteiger partial charge in [0.05, 0.1) is 0 Å². The maximum absolute atomic E-state index is 13.0. The summed E-state index contributed by atoms with van der Waals surface area (Å²) in [5.74, 6) is -0.188. The standard InChI is InChI=1S/C16H15Br2F/c17-11-16(12-18,14-4-2-1-3-5-14)10-13-6-8-15(19)9-7-13/h1-9H,10-12H2. The molecule has 100 valence electrons. The Hall–Kier alpha value is -0.670. The molecule has 0 amide bonds. The average Bonchev–Trinajstić information content (AvgIpc) is 2.48. The van der Waals surface area contributed by atoms with Gasteiger partial charge in [0.2, 0.25) is 0 Å². The first-order valence-corrected chi connectivity index (χ1v) is 8.36. The molecule has 0 saturated heterocycles. The van der Waals surface area contributed by atoms with Gasteiger partial charge in [0.1, 0.15) is 5.82 Å². The lowest BCUT2D eigenvalue weighted by molar-refractivity contribution is 0.549. The Morgan fingerprint density at radius 1 is 0.842 bits per heavy atom. The molecule has 2 aromatic carbocycles. The van der Waals surface area contributed by atoms with Crippen molar-refractivity contribution >= 4 is 31.9 Å². The Balaban J connectivity index is 2.32. The van der Waals surface area contributed by atoms with Crippen LogP contribution in [0, 0.1) is 5.82 Å². The molecule has 0 aromatic heterocycles. The highest BCUT2D eigenvalue weighted by Crippen LogP contribution is 2.32. The zero-order valence-corrected chi connectivity index (χ0v) is 13.6. The molecule has 2 rings (SSSR count). The molecule has 0 unspecified atom stereocenters. The van der Waals surface area contributed by atoms with Gasteiger partial charge in [-0.3, -0.25) is 0 Å². The van der Waals surface area contributed by atoms with Crippen LogP contribution in [0.15, 0.2) is 54.6 Å². The molecular weight excluding hydrogens is 371 g/mol. The van der Waals surface area contributed by atoms with E-state index in [0.29, 0.717) is 0 Å². The number of hydrogen-bond acceptors (Lipinski definition) is 0. The first kappa shape index (κ1) is 14.7. The highest BCUT2D eigenvalue weighted by Gasteiger charge is 2.30. The van der Waals surface area contributed by atoms with Crippen LogP contribution in [-0.4, -0.2) is 10.7 Å². The third-order valence-electron chi connectivity index (χ3n) is 3.35. The van der Waals surface area contributed by atoms with Crippen LogP contribution in [0.5, 0.6) is 0 Å². The predicted molar refractivity (Wildman–Crippen MR) is 85.8 cm³/mol. The molecule has 0 fully saturated rings. The predicted octanol–water partition coefficient (Wildman–Crippen LogP) is 5.10. The summed E-state index contributed by atoms with van der Waals surface area (Å²) in [6.07, 6.45) is 0.869. The first-order valence-electron chi connectivity index (χ1n) is 6.12. The second-order valence-corrected chi connectivity index (χ2v) is 5.84. The minimum Gasteiger partial charge on any atom is -0.207 e. The van der Waals surface area contributed by atoms with E-state index in [1.165, 1.54) is 17.7 Å². The molecule has 19 heavy (non-hydrogen) atoms. The van der Waals surface area contributed by atoms with Gasteiger partial charge in [-0.15, -0.1) is 0 Å². The van der Waals surface area contributed by atoms with Crippen molar-refractivity contribution in [3.63, 3.8) is 0 Å². The monoisotopic (exact) mass is 384 g/mol. The van der Waals surface area contributed by atoms with Gasteiger partial charge in [0, 0.05) is 16.1 Å². The second-order valence-electron chi connectivity index (χ2n) is 4.72. The van der Waals surface area contributed by atoms with E-state index >= 15 is 0 Å². The summed E-state index contributed by atoms with van der Waals surface area (Å²) in [5.41, 5.74) is 2.41. The van der Waals surface area contributed by atoms with Crippen LogP contribution < -0.4 is 0 Å². The molecule has 0 atom stereocenters. The van der Waals surface area contributed by atoms with Crippen LogP contribution in [0.2, 0.25) is 0 Å².